The standard InChI is InChI=1S/C9H18N4/c1-4-11-9(5-10)8-6-12-13(3)7(8)2/h6,9,11H,4-5,10H2,1-3H3. The third-order valence-corrected chi connectivity index (χ3v) is 2.33. The molecule has 0 saturated carbocycles. The maximum absolute atomic E-state index is 5.67. The van der Waals surface area contributed by atoms with Gasteiger partial charge in [-0.1, -0.05) is 6.92 Å². The van der Waals surface area contributed by atoms with Gasteiger partial charge in [-0.25, -0.2) is 0 Å². The van der Waals surface area contributed by atoms with Gasteiger partial charge in [-0.15, -0.1) is 0 Å². The fraction of sp³-hybridized carbons (Fsp3) is 0.667. The van der Waals surface area contributed by atoms with Crippen molar-refractivity contribution >= 4 is 0 Å². The number of likely N-dealkylation sites (N-methyl/N-ethyl adjacent to an activating group) is 1. The van der Waals surface area contributed by atoms with E-state index in [0.29, 0.717) is 6.54 Å². The van der Waals surface area contributed by atoms with Crippen LogP contribution in [0.1, 0.15) is 24.2 Å². The van der Waals surface area contributed by atoms with Crippen LogP contribution in [-0.2, 0) is 7.05 Å². The molecule has 0 bridgehead atoms. The average molecular weight is 182 g/mol. The molecule has 0 aromatic carbocycles. The Morgan fingerprint density at radius 2 is 2.38 bits per heavy atom. The normalized spacial score (nSPS) is 13.2. The Labute approximate surface area is 79.1 Å². The number of aryl methyl sites for hydroxylation is 1. The molecule has 0 aliphatic carbocycles. The highest BCUT2D eigenvalue weighted by Gasteiger charge is 2.13. The molecule has 1 aromatic heterocycles. The summed E-state index contributed by atoms with van der Waals surface area (Å²) in [6.07, 6.45) is 1.88. The predicted octanol–water partition coefficient (Wildman–Crippen LogP) is 0.338. The van der Waals surface area contributed by atoms with Crippen LogP contribution >= 0.6 is 0 Å². The van der Waals surface area contributed by atoms with E-state index in [-0.39, 0.29) is 6.04 Å². The Morgan fingerprint density at radius 3 is 2.77 bits per heavy atom. The number of nitrogens with zero attached hydrogens (tertiary/aromatic N) is 2. The number of aromatic nitrogens is 2. The van der Waals surface area contributed by atoms with Crippen LogP contribution in [0.25, 0.3) is 0 Å². The number of nitrogens with one attached hydrogen (secondary N) is 1. The van der Waals surface area contributed by atoms with Gasteiger partial charge < -0.3 is 11.1 Å². The zero-order valence-electron chi connectivity index (χ0n) is 8.54. The summed E-state index contributed by atoms with van der Waals surface area (Å²) in [6.45, 7) is 5.67. The fourth-order valence-electron chi connectivity index (χ4n) is 1.42. The smallest absolute Gasteiger partial charge is 0.0540 e. The van der Waals surface area contributed by atoms with Crippen LogP contribution in [0.15, 0.2) is 6.20 Å². The first-order valence-corrected chi connectivity index (χ1v) is 4.62. The molecule has 0 radical (unpaired) electrons. The summed E-state index contributed by atoms with van der Waals surface area (Å²) >= 11 is 0. The van der Waals surface area contributed by atoms with Crippen LogP contribution in [-0.4, -0.2) is 22.9 Å². The van der Waals surface area contributed by atoms with Crippen molar-refractivity contribution in [2.45, 2.75) is 19.9 Å². The quantitative estimate of drug-likeness (QED) is 0.706. The van der Waals surface area contributed by atoms with Gasteiger partial charge in [-0.3, -0.25) is 4.68 Å². The molecule has 74 valence electrons. The van der Waals surface area contributed by atoms with Crippen molar-refractivity contribution in [2.24, 2.45) is 12.8 Å². The molecule has 1 rings (SSSR count). The lowest BCUT2D eigenvalue weighted by atomic mass is 10.1. The summed E-state index contributed by atoms with van der Waals surface area (Å²) in [4.78, 5) is 0. The van der Waals surface area contributed by atoms with Crippen molar-refractivity contribution in [3.8, 4) is 0 Å². The topological polar surface area (TPSA) is 55.9 Å². The molecule has 4 nitrogen and oxygen atoms in total. The van der Waals surface area contributed by atoms with Gasteiger partial charge in [-0.05, 0) is 13.5 Å². The van der Waals surface area contributed by atoms with Crippen LogP contribution in [0, 0.1) is 6.92 Å². The van der Waals surface area contributed by atoms with Crippen LogP contribution < -0.4 is 11.1 Å². The summed E-state index contributed by atoms with van der Waals surface area (Å²) < 4.78 is 1.87. The second kappa shape index (κ2) is 4.39. The first kappa shape index (κ1) is 10.2. The summed E-state index contributed by atoms with van der Waals surface area (Å²) in [5.74, 6) is 0. The van der Waals surface area contributed by atoms with Crippen LogP contribution in [0.5, 0.6) is 0 Å². The van der Waals surface area contributed by atoms with E-state index in [0.717, 1.165) is 6.54 Å². The molecule has 4 heteroatoms. The number of hydrogen-bond donors (Lipinski definition) is 2. The van der Waals surface area contributed by atoms with Crippen molar-refractivity contribution in [2.75, 3.05) is 13.1 Å². The Balaban J connectivity index is 2.84. The Bertz CT molecular complexity index is 267. The zero-order valence-corrected chi connectivity index (χ0v) is 8.54. The maximum atomic E-state index is 5.67. The minimum absolute atomic E-state index is 0.235. The van der Waals surface area contributed by atoms with E-state index in [9.17, 15) is 0 Å². The lowest BCUT2D eigenvalue weighted by molar-refractivity contribution is 0.558. The Kier molecular flexibility index (Phi) is 3.45. The molecule has 1 atom stereocenters. The van der Waals surface area contributed by atoms with Crippen molar-refractivity contribution in [1.82, 2.24) is 15.1 Å². The van der Waals surface area contributed by atoms with Crippen LogP contribution in [0.4, 0.5) is 0 Å². The molecule has 0 fully saturated rings. The van der Waals surface area contributed by atoms with Crippen molar-refractivity contribution in [3.05, 3.63) is 17.5 Å². The van der Waals surface area contributed by atoms with Crippen molar-refractivity contribution in [1.29, 1.82) is 0 Å². The van der Waals surface area contributed by atoms with Gasteiger partial charge in [0, 0.05) is 30.9 Å². The first-order valence-electron chi connectivity index (χ1n) is 4.62. The SMILES string of the molecule is CCNC(CN)c1cnn(C)c1C. The second-order valence-electron chi connectivity index (χ2n) is 3.15. The highest BCUT2D eigenvalue weighted by atomic mass is 15.3. The first-order chi connectivity index (χ1) is 6.20. The second-order valence-corrected chi connectivity index (χ2v) is 3.15. The third kappa shape index (κ3) is 2.08. The number of hydrogen-bond acceptors (Lipinski definition) is 3. The number of nitrogens with two attached hydrogens (primary N) is 1. The highest BCUT2D eigenvalue weighted by molar-refractivity contribution is 5.20. The maximum Gasteiger partial charge on any atom is 0.0540 e. The largest absolute Gasteiger partial charge is 0.329 e. The molecule has 1 unspecified atom stereocenters. The fourth-order valence-corrected chi connectivity index (χ4v) is 1.42. The highest BCUT2D eigenvalue weighted by Crippen LogP contribution is 2.14. The van der Waals surface area contributed by atoms with Crippen LogP contribution in [0.3, 0.4) is 0 Å². The minimum Gasteiger partial charge on any atom is -0.329 e. The van der Waals surface area contributed by atoms with Gasteiger partial charge in [0.05, 0.1) is 6.20 Å². The van der Waals surface area contributed by atoms with Gasteiger partial charge in [0.25, 0.3) is 0 Å². The van der Waals surface area contributed by atoms with Crippen LogP contribution in [0.2, 0.25) is 0 Å². The zero-order chi connectivity index (χ0) is 9.84. The van der Waals surface area contributed by atoms with Gasteiger partial charge >= 0.3 is 0 Å². The molecule has 0 saturated heterocycles. The Morgan fingerprint density at radius 1 is 1.69 bits per heavy atom. The molecular weight excluding hydrogens is 164 g/mol. The van der Waals surface area contributed by atoms with Gasteiger partial charge in [0.1, 0.15) is 0 Å². The summed E-state index contributed by atoms with van der Waals surface area (Å²) in [5.41, 5.74) is 8.05. The van der Waals surface area contributed by atoms with E-state index in [1.165, 1.54) is 11.3 Å². The van der Waals surface area contributed by atoms with E-state index in [4.69, 9.17) is 5.73 Å². The summed E-state index contributed by atoms with van der Waals surface area (Å²) in [6, 6.07) is 0.235. The van der Waals surface area contributed by atoms with Gasteiger partial charge in [0.2, 0.25) is 0 Å². The molecule has 1 heterocycles. The summed E-state index contributed by atoms with van der Waals surface area (Å²) in [5, 5.41) is 7.51. The van der Waals surface area contributed by atoms with Crippen molar-refractivity contribution in [3.63, 3.8) is 0 Å². The molecule has 13 heavy (non-hydrogen) atoms. The van der Waals surface area contributed by atoms with Crippen molar-refractivity contribution < 1.29 is 0 Å². The molecule has 3 N–H and O–H groups in total. The average Bonchev–Trinajstić information content (AvgIpc) is 2.45. The Hall–Kier alpha value is -0.870. The lowest BCUT2D eigenvalue weighted by Gasteiger charge is -2.14. The predicted molar refractivity (Wildman–Crippen MR) is 53.4 cm³/mol. The van der Waals surface area contributed by atoms with E-state index in [1.807, 2.05) is 17.9 Å². The lowest BCUT2D eigenvalue weighted by Crippen LogP contribution is -2.28. The van der Waals surface area contributed by atoms with E-state index in [1.54, 1.807) is 0 Å². The molecular formula is C9H18N4. The molecule has 0 amide bonds. The van der Waals surface area contributed by atoms with Gasteiger partial charge in [0.15, 0.2) is 0 Å². The van der Waals surface area contributed by atoms with Gasteiger partial charge in [-0.2, -0.15) is 5.10 Å². The molecule has 1 aromatic rings. The molecule has 0 aliphatic heterocycles. The van der Waals surface area contributed by atoms with E-state index < -0.39 is 0 Å². The monoisotopic (exact) mass is 182 g/mol. The summed E-state index contributed by atoms with van der Waals surface area (Å²) in [7, 11) is 1.94. The molecule has 0 aliphatic rings. The van der Waals surface area contributed by atoms with E-state index in [2.05, 4.69) is 24.3 Å². The molecule has 0 spiro atoms. The van der Waals surface area contributed by atoms with E-state index >= 15 is 0 Å². The number of rotatable bonds is 4. The third-order valence-electron chi connectivity index (χ3n) is 2.33. The minimum atomic E-state index is 0.235.